The van der Waals surface area contributed by atoms with Crippen LogP contribution in [0.2, 0.25) is 0 Å². The van der Waals surface area contributed by atoms with Gasteiger partial charge in [0.2, 0.25) is 5.95 Å². The van der Waals surface area contributed by atoms with Gasteiger partial charge in [-0.05, 0) is 24.6 Å². The summed E-state index contributed by atoms with van der Waals surface area (Å²) in [4.78, 5) is 7.30. The average Bonchev–Trinajstić information content (AvgIpc) is 2.34. The molecule has 18 heavy (non-hydrogen) atoms. The first-order valence-corrected chi connectivity index (χ1v) is 5.36. The van der Waals surface area contributed by atoms with Crippen molar-refractivity contribution in [2.45, 2.75) is 13.0 Å². The number of nitrogen functional groups attached to an aromatic ring is 1. The standard InChI is InChI=1S/C12H12F2N4/c1-7(8-2-4-9(13)5-3-8)17-11-10(14)6-16-12(15)18-11/h2-7H,1H3,(H3,15,16,17,18). The van der Waals surface area contributed by atoms with E-state index in [4.69, 9.17) is 5.73 Å². The number of halogens is 2. The molecule has 6 heteroatoms. The highest BCUT2D eigenvalue weighted by atomic mass is 19.1. The Kier molecular flexibility index (Phi) is 3.36. The molecule has 0 saturated heterocycles. The van der Waals surface area contributed by atoms with Gasteiger partial charge in [-0.3, -0.25) is 0 Å². The summed E-state index contributed by atoms with van der Waals surface area (Å²) in [5, 5.41) is 2.86. The van der Waals surface area contributed by atoms with Crippen LogP contribution in [0.3, 0.4) is 0 Å². The van der Waals surface area contributed by atoms with Gasteiger partial charge in [-0.1, -0.05) is 12.1 Å². The maximum atomic E-state index is 13.4. The minimum Gasteiger partial charge on any atom is -0.368 e. The number of hydrogen-bond acceptors (Lipinski definition) is 4. The highest BCUT2D eigenvalue weighted by Gasteiger charge is 2.10. The Balaban J connectivity index is 2.18. The molecule has 0 radical (unpaired) electrons. The predicted molar refractivity (Wildman–Crippen MR) is 64.8 cm³/mol. The van der Waals surface area contributed by atoms with Crippen molar-refractivity contribution in [3.05, 3.63) is 47.7 Å². The minimum atomic E-state index is -0.585. The Morgan fingerprint density at radius 2 is 1.89 bits per heavy atom. The van der Waals surface area contributed by atoms with Crippen molar-refractivity contribution in [2.75, 3.05) is 11.1 Å². The minimum absolute atomic E-state index is 0.00907. The van der Waals surface area contributed by atoms with E-state index in [1.807, 2.05) is 6.92 Å². The van der Waals surface area contributed by atoms with E-state index in [0.717, 1.165) is 11.8 Å². The zero-order chi connectivity index (χ0) is 13.1. The molecular weight excluding hydrogens is 238 g/mol. The van der Waals surface area contributed by atoms with Gasteiger partial charge < -0.3 is 11.1 Å². The fourth-order valence-corrected chi connectivity index (χ4v) is 1.52. The van der Waals surface area contributed by atoms with E-state index in [-0.39, 0.29) is 23.6 Å². The lowest BCUT2D eigenvalue weighted by molar-refractivity contribution is 0.613. The molecule has 1 heterocycles. The largest absolute Gasteiger partial charge is 0.368 e. The van der Waals surface area contributed by atoms with E-state index >= 15 is 0 Å². The number of nitrogens with zero attached hydrogens (tertiary/aromatic N) is 2. The Morgan fingerprint density at radius 3 is 2.56 bits per heavy atom. The molecule has 2 rings (SSSR count). The van der Waals surface area contributed by atoms with Gasteiger partial charge in [0.05, 0.1) is 12.2 Å². The molecule has 0 fully saturated rings. The number of benzene rings is 1. The quantitative estimate of drug-likeness (QED) is 0.878. The van der Waals surface area contributed by atoms with E-state index in [0.29, 0.717) is 0 Å². The second kappa shape index (κ2) is 4.95. The van der Waals surface area contributed by atoms with Gasteiger partial charge in [0.15, 0.2) is 11.6 Å². The van der Waals surface area contributed by atoms with Crippen LogP contribution in [0.5, 0.6) is 0 Å². The number of anilines is 2. The first-order chi connectivity index (χ1) is 8.56. The normalized spacial score (nSPS) is 12.2. The van der Waals surface area contributed by atoms with Gasteiger partial charge in [-0.25, -0.2) is 13.8 Å². The van der Waals surface area contributed by atoms with Crippen LogP contribution in [-0.4, -0.2) is 9.97 Å². The molecule has 2 aromatic rings. The second-order valence-electron chi connectivity index (χ2n) is 3.84. The molecule has 1 aromatic carbocycles. The van der Waals surface area contributed by atoms with Gasteiger partial charge in [0.1, 0.15) is 5.82 Å². The van der Waals surface area contributed by atoms with Gasteiger partial charge in [0.25, 0.3) is 0 Å². The molecule has 1 unspecified atom stereocenters. The summed E-state index contributed by atoms with van der Waals surface area (Å²) in [5.74, 6) is -0.883. The van der Waals surface area contributed by atoms with Crippen molar-refractivity contribution in [1.29, 1.82) is 0 Å². The van der Waals surface area contributed by atoms with Gasteiger partial charge in [-0.2, -0.15) is 4.98 Å². The number of aromatic nitrogens is 2. The Labute approximate surface area is 103 Å². The molecule has 0 spiro atoms. The summed E-state index contributed by atoms with van der Waals surface area (Å²) < 4.78 is 26.2. The Hall–Kier alpha value is -2.24. The van der Waals surface area contributed by atoms with Crippen molar-refractivity contribution in [2.24, 2.45) is 0 Å². The van der Waals surface area contributed by atoms with Crippen molar-refractivity contribution >= 4 is 11.8 Å². The predicted octanol–water partition coefficient (Wildman–Crippen LogP) is 2.51. The smallest absolute Gasteiger partial charge is 0.222 e. The fraction of sp³-hybridized carbons (Fsp3) is 0.167. The van der Waals surface area contributed by atoms with Gasteiger partial charge in [0, 0.05) is 0 Å². The summed E-state index contributed by atoms with van der Waals surface area (Å²) >= 11 is 0. The van der Waals surface area contributed by atoms with Crippen molar-refractivity contribution in [3.63, 3.8) is 0 Å². The van der Waals surface area contributed by atoms with E-state index in [1.165, 1.54) is 12.1 Å². The highest BCUT2D eigenvalue weighted by molar-refractivity contribution is 5.41. The number of nitrogens with one attached hydrogen (secondary N) is 1. The van der Waals surface area contributed by atoms with Gasteiger partial charge >= 0.3 is 0 Å². The van der Waals surface area contributed by atoms with Crippen LogP contribution in [0.1, 0.15) is 18.5 Å². The van der Waals surface area contributed by atoms with Crippen LogP contribution in [0, 0.1) is 11.6 Å². The van der Waals surface area contributed by atoms with Crippen LogP contribution in [-0.2, 0) is 0 Å². The first-order valence-electron chi connectivity index (χ1n) is 5.36. The number of nitrogens with two attached hydrogens (primary N) is 1. The molecule has 1 aromatic heterocycles. The van der Waals surface area contributed by atoms with Crippen LogP contribution in [0.15, 0.2) is 30.5 Å². The molecule has 0 saturated carbocycles. The van der Waals surface area contributed by atoms with Crippen molar-refractivity contribution in [1.82, 2.24) is 9.97 Å². The summed E-state index contributed by atoms with van der Waals surface area (Å²) in [5.41, 5.74) is 6.20. The second-order valence-corrected chi connectivity index (χ2v) is 3.84. The summed E-state index contributed by atoms with van der Waals surface area (Å²) in [6.07, 6.45) is 1.00. The third-order valence-corrected chi connectivity index (χ3v) is 2.49. The lowest BCUT2D eigenvalue weighted by Gasteiger charge is -2.15. The maximum Gasteiger partial charge on any atom is 0.222 e. The topological polar surface area (TPSA) is 63.8 Å². The first kappa shape index (κ1) is 12.2. The van der Waals surface area contributed by atoms with Crippen molar-refractivity contribution < 1.29 is 8.78 Å². The van der Waals surface area contributed by atoms with E-state index in [1.54, 1.807) is 12.1 Å². The molecule has 3 N–H and O–H groups in total. The van der Waals surface area contributed by atoms with E-state index in [9.17, 15) is 8.78 Å². The van der Waals surface area contributed by atoms with Crippen LogP contribution in [0.4, 0.5) is 20.5 Å². The zero-order valence-corrected chi connectivity index (χ0v) is 9.69. The molecule has 0 aliphatic heterocycles. The molecule has 0 aliphatic carbocycles. The maximum absolute atomic E-state index is 13.4. The van der Waals surface area contributed by atoms with Gasteiger partial charge in [-0.15, -0.1) is 0 Å². The zero-order valence-electron chi connectivity index (χ0n) is 9.69. The molecular formula is C12H12F2N4. The van der Waals surface area contributed by atoms with E-state index in [2.05, 4.69) is 15.3 Å². The SMILES string of the molecule is CC(Nc1nc(N)ncc1F)c1ccc(F)cc1. The molecule has 4 nitrogen and oxygen atoms in total. The lowest BCUT2D eigenvalue weighted by Crippen LogP contribution is -2.11. The third kappa shape index (κ3) is 2.71. The van der Waals surface area contributed by atoms with Crippen molar-refractivity contribution in [3.8, 4) is 0 Å². The molecule has 94 valence electrons. The summed E-state index contributed by atoms with van der Waals surface area (Å²) in [6.45, 7) is 1.81. The summed E-state index contributed by atoms with van der Waals surface area (Å²) in [6, 6.07) is 5.70. The lowest BCUT2D eigenvalue weighted by atomic mass is 10.1. The summed E-state index contributed by atoms with van der Waals surface area (Å²) in [7, 11) is 0. The van der Waals surface area contributed by atoms with Crippen LogP contribution in [0.25, 0.3) is 0 Å². The monoisotopic (exact) mass is 250 g/mol. The highest BCUT2D eigenvalue weighted by Crippen LogP contribution is 2.20. The molecule has 0 amide bonds. The Morgan fingerprint density at radius 1 is 1.22 bits per heavy atom. The number of rotatable bonds is 3. The van der Waals surface area contributed by atoms with E-state index < -0.39 is 5.82 Å². The van der Waals surface area contributed by atoms with Crippen LogP contribution >= 0.6 is 0 Å². The molecule has 0 aliphatic rings. The fourth-order valence-electron chi connectivity index (χ4n) is 1.52. The molecule has 1 atom stereocenters. The number of hydrogen-bond donors (Lipinski definition) is 2. The average molecular weight is 250 g/mol. The molecule has 0 bridgehead atoms. The third-order valence-electron chi connectivity index (χ3n) is 2.49. The Bertz CT molecular complexity index is 542. The van der Waals surface area contributed by atoms with Crippen LogP contribution < -0.4 is 11.1 Å².